The normalized spacial score (nSPS) is 18.0. The van der Waals surface area contributed by atoms with E-state index in [0.717, 1.165) is 11.6 Å². The summed E-state index contributed by atoms with van der Waals surface area (Å²) in [6.07, 6.45) is 3.99. The summed E-state index contributed by atoms with van der Waals surface area (Å²) in [4.78, 5) is 0. The van der Waals surface area contributed by atoms with Gasteiger partial charge in [0.1, 0.15) is 0 Å². The highest BCUT2D eigenvalue weighted by atomic mass is 35.5. The third kappa shape index (κ3) is 1.54. The third-order valence-corrected chi connectivity index (χ3v) is 1.89. The van der Waals surface area contributed by atoms with E-state index in [0.29, 0.717) is 5.92 Å². The van der Waals surface area contributed by atoms with Crippen LogP contribution in [-0.4, -0.2) is 6.54 Å². The maximum atomic E-state index is 5.91. The lowest BCUT2D eigenvalue weighted by Gasteiger charge is -2.14. The molecule has 0 aromatic heterocycles. The summed E-state index contributed by atoms with van der Waals surface area (Å²) in [5.41, 5.74) is 1.25. The zero-order valence-corrected chi connectivity index (χ0v) is 7.07. The van der Waals surface area contributed by atoms with Crippen molar-refractivity contribution in [3.8, 4) is 0 Å². The first-order valence-corrected chi connectivity index (χ1v) is 3.89. The SMILES string of the molecule is CC(C)C1=CCNC=C1Cl. The van der Waals surface area contributed by atoms with Gasteiger partial charge in [-0.25, -0.2) is 0 Å². The minimum Gasteiger partial charge on any atom is -0.386 e. The van der Waals surface area contributed by atoms with Gasteiger partial charge in [-0.1, -0.05) is 31.5 Å². The van der Waals surface area contributed by atoms with E-state index >= 15 is 0 Å². The highest BCUT2D eigenvalue weighted by Gasteiger charge is 2.08. The standard InChI is InChI=1S/C8H12ClN/c1-6(2)7-3-4-10-5-8(7)9/h3,5-6,10H,4H2,1-2H3. The molecule has 1 N–H and O–H groups in total. The van der Waals surface area contributed by atoms with Crippen molar-refractivity contribution in [2.75, 3.05) is 6.54 Å². The molecule has 56 valence electrons. The van der Waals surface area contributed by atoms with Gasteiger partial charge in [0, 0.05) is 12.7 Å². The van der Waals surface area contributed by atoms with E-state index in [-0.39, 0.29) is 0 Å². The Morgan fingerprint density at radius 3 is 2.70 bits per heavy atom. The average molecular weight is 158 g/mol. The van der Waals surface area contributed by atoms with E-state index < -0.39 is 0 Å². The summed E-state index contributed by atoms with van der Waals surface area (Å²) < 4.78 is 0. The largest absolute Gasteiger partial charge is 0.386 e. The van der Waals surface area contributed by atoms with Crippen molar-refractivity contribution in [2.24, 2.45) is 5.92 Å². The monoisotopic (exact) mass is 157 g/mol. The van der Waals surface area contributed by atoms with Crippen LogP contribution in [0.15, 0.2) is 22.9 Å². The molecule has 0 unspecified atom stereocenters. The molecule has 0 saturated carbocycles. The number of nitrogens with one attached hydrogen (secondary N) is 1. The maximum absolute atomic E-state index is 5.91. The lowest BCUT2D eigenvalue weighted by molar-refractivity contribution is 0.765. The van der Waals surface area contributed by atoms with Crippen molar-refractivity contribution in [3.63, 3.8) is 0 Å². The molecule has 10 heavy (non-hydrogen) atoms. The zero-order chi connectivity index (χ0) is 7.56. The zero-order valence-electron chi connectivity index (χ0n) is 6.32. The van der Waals surface area contributed by atoms with Gasteiger partial charge < -0.3 is 5.32 Å². The number of hydrogen-bond acceptors (Lipinski definition) is 1. The third-order valence-electron chi connectivity index (χ3n) is 1.57. The molecule has 0 aromatic rings. The Labute approximate surface area is 66.8 Å². The van der Waals surface area contributed by atoms with E-state index in [1.165, 1.54) is 5.57 Å². The van der Waals surface area contributed by atoms with Crippen molar-refractivity contribution in [3.05, 3.63) is 22.9 Å². The molecule has 0 bridgehead atoms. The number of dihydropyridines is 1. The van der Waals surface area contributed by atoms with Gasteiger partial charge in [0.05, 0.1) is 5.03 Å². The quantitative estimate of drug-likeness (QED) is 0.616. The van der Waals surface area contributed by atoms with Gasteiger partial charge >= 0.3 is 0 Å². The van der Waals surface area contributed by atoms with E-state index in [1.807, 2.05) is 6.20 Å². The number of rotatable bonds is 1. The topological polar surface area (TPSA) is 12.0 Å². The fraction of sp³-hybridized carbons (Fsp3) is 0.500. The van der Waals surface area contributed by atoms with Crippen molar-refractivity contribution in [1.82, 2.24) is 5.32 Å². The van der Waals surface area contributed by atoms with Crippen LogP contribution >= 0.6 is 11.6 Å². The molecule has 1 aliphatic rings. The second kappa shape index (κ2) is 3.11. The molecule has 0 atom stereocenters. The van der Waals surface area contributed by atoms with Gasteiger partial charge in [0.2, 0.25) is 0 Å². The molecule has 2 heteroatoms. The van der Waals surface area contributed by atoms with Crippen LogP contribution in [0, 0.1) is 5.92 Å². The molecule has 0 spiro atoms. The molecule has 1 heterocycles. The number of hydrogen-bond donors (Lipinski definition) is 1. The van der Waals surface area contributed by atoms with Crippen molar-refractivity contribution < 1.29 is 0 Å². The van der Waals surface area contributed by atoms with Crippen LogP contribution in [0.4, 0.5) is 0 Å². The summed E-state index contributed by atoms with van der Waals surface area (Å²) in [6.45, 7) is 5.20. The predicted octanol–water partition coefficient (Wildman–Crippen LogP) is 2.25. The van der Waals surface area contributed by atoms with E-state index in [4.69, 9.17) is 11.6 Å². The molecule has 0 radical (unpaired) electrons. The fourth-order valence-corrected chi connectivity index (χ4v) is 1.38. The van der Waals surface area contributed by atoms with Crippen LogP contribution in [0.25, 0.3) is 0 Å². The Hall–Kier alpha value is -0.430. The predicted molar refractivity (Wildman–Crippen MR) is 44.9 cm³/mol. The first-order valence-electron chi connectivity index (χ1n) is 3.51. The van der Waals surface area contributed by atoms with Crippen LogP contribution in [-0.2, 0) is 0 Å². The first-order chi connectivity index (χ1) is 4.72. The Morgan fingerprint density at radius 1 is 1.60 bits per heavy atom. The van der Waals surface area contributed by atoms with Gasteiger partial charge in [0.15, 0.2) is 0 Å². The summed E-state index contributed by atoms with van der Waals surface area (Å²) in [5.74, 6) is 0.533. The highest BCUT2D eigenvalue weighted by Crippen LogP contribution is 2.23. The van der Waals surface area contributed by atoms with Crippen LogP contribution in [0.3, 0.4) is 0 Å². The van der Waals surface area contributed by atoms with E-state index in [1.54, 1.807) is 0 Å². The molecule has 1 nitrogen and oxygen atoms in total. The summed E-state index contributed by atoms with van der Waals surface area (Å²) >= 11 is 5.91. The Bertz CT molecular complexity index is 180. The van der Waals surface area contributed by atoms with Crippen LogP contribution in [0.2, 0.25) is 0 Å². The van der Waals surface area contributed by atoms with Crippen molar-refractivity contribution in [2.45, 2.75) is 13.8 Å². The van der Waals surface area contributed by atoms with E-state index in [9.17, 15) is 0 Å². The number of halogens is 1. The fourth-order valence-electron chi connectivity index (χ4n) is 1.01. The molecule has 0 saturated heterocycles. The van der Waals surface area contributed by atoms with Crippen molar-refractivity contribution >= 4 is 11.6 Å². The van der Waals surface area contributed by atoms with Crippen LogP contribution < -0.4 is 5.32 Å². The molecule has 0 aromatic carbocycles. The smallest absolute Gasteiger partial charge is 0.0594 e. The molecule has 1 rings (SSSR count). The number of allylic oxidation sites excluding steroid dienone is 2. The summed E-state index contributed by atoms with van der Waals surface area (Å²) in [7, 11) is 0. The molecule has 0 amide bonds. The Balaban J connectivity index is 2.74. The minimum atomic E-state index is 0.533. The Kier molecular flexibility index (Phi) is 2.39. The molecule has 1 aliphatic heterocycles. The molecular weight excluding hydrogens is 146 g/mol. The van der Waals surface area contributed by atoms with Gasteiger partial charge in [-0.05, 0) is 11.5 Å². The van der Waals surface area contributed by atoms with Crippen molar-refractivity contribution in [1.29, 1.82) is 0 Å². The highest BCUT2D eigenvalue weighted by molar-refractivity contribution is 6.32. The van der Waals surface area contributed by atoms with Crippen LogP contribution in [0.1, 0.15) is 13.8 Å². The molecular formula is C8H12ClN. The van der Waals surface area contributed by atoms with Gasteiger partial charge in [-0.2, -0.15) is 0 Å². The van der Waals surface area contributed by atoms with Crippen LogP contribution in [0.5, 0.6) is 0 Å². The Morgan fingerprint density at radius 2 is 2.30 bits per heavy atom. The molecule has 0 aliphatic carbocycles. The lowest BCUT2D eigenvalue weighted by atomic mass is 10.0. The van der Waals surface area contributed by atoms with E-state index in [2.05, 4.69) is 25.2 Å². The second-order valence-corrected chi connectivity index (χ2v) is 3.12. The van der Waals surface area contributed by atoms with Gasteiger partial charge in [0.25, 0.3) is 0 Å². The second-order valence-electron chi connectivity index (χ2n) is 2.71. The maximum Gasteiger partial charge on any atom is 0.0594 e. The minimum absolute atomic E-state index is 0.533. The van der Waals surface area contributed by atoms with Gasteiger partial charge in [-0.3, -0.25) is 0 Å². The summed E-state index contributed by atoms with van der Waals surface area (Å²) in [6, 6.07) is 0. The summed E-state index contributed by atoms with van der Waals surface area (Å²) in [5, 5.41) is 3.90. The lowest BCUT2D eigenvalue weighted by Crippen LogP contribution is -2.13. The van der Waals surface area contributed by atoms with Gasteiger partial charge in [-0.15, -0.1) is 0 Å². The molecule has 0 fully saturated rings. The average Bonchev–Trinajstić information content (AvgIpc) is 1.88. The first kappa shape index (κ1) is 7.67.